The van der Waals surface area contributed by atoms with E-state index in [-0.39, 0.29) is 12.4 Å². The molecule has 2 saturated heterocycles. The van der Waals surface area contributed by atoms with Crippen LogP contribution in [-0.4, -0.2) is 49.1 Å². The summed E-state index contributed by atoms with van der Waals surface area (Å²) in [4.78, 5) is 2.57. The molecule has 0 aromatic rings. The lowest BCUT2D eigenvalue weighted by molar-refractivity contribution is 0.226. The average molecular weight is 237 g/mol. The number of hydrogen-bond donors (Lipinski definition) is 1. The van der Waals surface area contributed by atoms with Crippen molar-refractivity contribution in [1.29, 1.82) is 0 Å². The maximum atomic E-state index is 3.43. The maximum Gasteiger partial charge on any atom is 0.0229 e. The van der Waals surface area contributed by atoms with Gasteiger partial charge in [-0.15, -0.1) is 12.4 Å². The lowest BCUT2D eigenvalue weighted by Gasteiger charge is -2.26. The van der Waals surface area contributed by atoms with Crippen molar-refractivity contribution < 1.29 is 0 Å². The van der Waals surface area contributed by atoms with Gasteiger partial charge in [0.25, 0.3) is 0 Å². The van der Waals surface area contributed by atoms with E-state index in [1.807, 2.05) is 0 Å². The number of nitrogens with zero attached hydrogens (tertiary/aromatic N) is 1. The van der Waals surface area contributed by atoms with Gasteiger partial charge in [0, 0.05) is 19.1 Å². The van der Waals surface area contributed by atoms with Crippen molar-refractivity contribution in [1.82, 2.24) is 10.2 Å². The summed E-state index contributed by atoms with van der Waals surface area (Å²) in [5.41, 5.74) is 0. The van der Waals surface area contributed by atoms with Gasteiger partial charge in [0.1, 0.15) is 0 Å². The highest BCUT2D eigenvalue weighted by molar-refractivity contribution is 7.99. The quantitative estimate of drug-likeness (QED) is 0.799. The van der Waals surface area contributed by atoms with Crippen LogP contribution in [0.5, 0.6) is 0 Å². The fourth-order valence-electron chi connectivity index (χ4n) is 2.30. The van der Waals surface area contributed by atoms with Crippen molar-refractivity contribution in [3.05, 3.63) is 0 Å². The van der Waals surface area contributed by atoms with Gasteiger partial charge < -0.3 is 10.2 Å². The lowest BCUT2D eigenvalue weighted by Crippen LogP contribution is -2.37. The fraction of sp³-hybridized carbons (Fsp3) is 1.00. The second-order valence-corrected chi connectivity index (χ2v) is 5.47. The number of thioether (sulfide) groups is 1. The summed E-state index contributed by atoms with van der Waals surface area (Å²) in [6.45, 7) is 3.74. The minimum atomic E-state index is 0. The van der Waals surface area contributed by atoms with Crippen molar-refractivity contribution >= 4 is 24.2 Å². The first-order chi connectivity index (χ1) is 6.36. The van der Waals surface area contributed by atoms with Gasteiger partial charge >= 0.3 is 0 Å². The molecule has 2 rings (SSSR count). The number of hydrogen-bond acceptors (Lipinski definition) is 3. The molecule has 14 heavy (non-hydrogen) atoms. The lowest BCUT2D eigenvalue weighted by atomic mass is 10.1. The molecule has 0 bridgehead atoms. The van der Waals surface area contributed by atoms with E-state index in [1.54, 1.807) is 0 Å². The Bertz CT molecular complexity index is 156. The molecule has 0 aliphatic carbocycles. The number of halogens is 1. The largest absolute Gasteiger partial charge is 0.315 e. The predicted molar refractivity (Wildman–Crippen MR) is 66.6 cm³/mol. The monoisotopic (exact) mass is 236 g/mol. The number of rotatable bonds is 3. The minimum absolute atomic E-state index is 0. The summed E-state index contributed by atoms with van der Waals surface area (Å²) in [5, 5.41) is 3.43. The van der Waals surface area contributed by atoms with E-state index in [0.29, 0.717) is 0 Å². The van der Waals surface area contributed by atoms with Gasteiger partial charge in [0.2, 0.25) is 0 Å². The third-order valence-corrected chi connectivity index (χ3v) is 4.46. The standard InChI is InChI=1S/C10H20N2S.ClH/c1-12(10-2-4-11-6-10)7-9-3-5-13-8-9;/h9-11H,2-8H2,1H3;1H. The molecule has 0 aromatic carbocycles. The fourth-order valence-corrected chi connectivity index (χ4v) is 3.57. The van der Waals surface area contributed by atoms with E-state index in [4.69, 9.17) is 0 Å². The molecule has 0 spiro atoms. The molecule has 0 radical (unpaired) electrons. The summed E-state index contributed by atoms with van der Waals surface area (Å²) < 4.78 is 0. The Morgan fingerprint density at radius 1 is 1.43 bits per heavy atom. The van der Waals surface area contributed by atoms with Crippen LogP contribution < -0.4 is 5.32 Å². The molecule has 2 atom stereocenters. The highest BCUT2D eigenvalue weighted by Gasteiger charge is 2.23. The molecular weight excluding hydrogens is 216 g/mol. The van der Waals surface area contributed by atoms with Gasteiger partial charge in [-0.2, -0.15) is 11.8 Å². The smallest absolute Gasteiger partial charge is 0.0229 e. The maximum absolute atomic E-state index is 3.43. The van der Waals surface area contributed by atoms with Crippen LogP contribution in [0, 0.1) is 5.92 Å². The Labute approximate surface area is 97.6 Å². The Balaban J connectivity index is 0.000000980. The Hall–Kier alpha value is 0.560. The third kappa shape index (κ3) is 3.30. The van der Waals surface area contributed by atoms with Crippen LogP contribution in [0.3, 0.4) is 0 Å². The molecular formula is C10H21ClN2S. The molecule has 1 N–H and O–H groups in total. The van der Waals surface area contributed by atoms with E-state index in [0.717, 1.165) is 12.0 Å². The molecule has 84 valence electrons. The summed E-state index contributed by atoms with van der Waals surface area (Å²) in [5.74, 6) is 3.75. The Morgan fingerprint density at radius 2 is 2.29 bits per heavy atom. The zero-order chi connectivity index (χ0) is 9.10. The average Bonchev–Trinajstić information content (AvgIpc) is 2.74. The van der Waals surface area contributed by atoms with Crippen LogP contribution in [0.1, 0.15) is 12.8 Å². The van der Waals surface area contributed by atoms with Crippen LogP contribution in [0.25, 0.3) is 0 Å². The van der Waals surface area contributed by atoms with Gasteiger partial charge in [-0.05, 0) is 43.9 Å². The Morgan fingerprint density at radius 3 is 2.86 bits per heavy atom. The molecule has 4 heteroatoms. The molecule has 2 unspecified atom stereocenters. The second-order valence-electron chi connectivity index (χ2n) is 4.32. The van der Waals surface area contributed by atoms with Gasteiger partial charge in [-0.3, -0.25) is 0 Å². The number of nitrogens with one attached hydrogen (secondary N) is 1. The highest BCUT2D eigenvalue weighted by atomic mass is 35.5. The summed E-state index contributed by atoms with van der Waals surface area (Å²) in [6.07, 6.45) is 2.78. The van der Waals surface area contributed by atoms with Gasteiger partial charge in [-0.25, -0.2) is 0 Å². The normalized spacial score (nSPS) is 32.1. The molecule has 2 heterocycles. The van der Waals surface area contributed by atoms with Crippen LogP contribution in [0.2, 0.25) is 0 Å². The molecule has 2 nitrogen and oxygen atoms in total. The van der Waals surface area contributed by atoms with Crippen LogP contribution in [-0.2, 0) is 0 Å². The molecule has 0 aromatic heterocycles. The molecule has 2 aliphatic heterocycles. The summed E-state index contributed by atoms with van der Waals surface area (Å²) in [7, 11) is 2.29. The van der Waals surface area contributed by atoms with Gasteiger partial charge in [0.15, 0.2) is 0 Å². The van der Waals surface area contributed by atoms with E-state index in [2.05, 4.69) is 29.0 Å². The van der Waals surface area contributed by atoms with E-state index >= 15 is 0 Å². The summed E-state index contributed by atoms with van der Waals surface area (Å²) in [6, 6.07) is 0.811. The van der Waals surface area contributed by atoms with Crippen molar-refractivity contribution in [2.75, 3.05) is 38.2 Å². The second kappa shape index (κ2) is 6.21. The summed E-state index contributed by atoms with van der Waals surface area (Å²) >= 11 is 2.12. The zero-order valence-electron chi connectivity index (χ0n) is 8.87. The molecule has 2 aliphatic rings. The Kier molecular flexibility index (Phi) is 5.60. The first kappa shape index (κ1) is 12.6. The van der Waals surface area contributed by atoms with E-state index < -0.39 is 0 Å². The van der Waals surface area contributed by atoms with E-state index in [1.165, 1.54) is 44.0 Å². The number of likely N-dealkylation sites (N-methyl/N-ethyl adjacent to an activating group) is 1. The van der Waals surface area contributed by atoms with Crippen LogP contribution in [0.15, 0.2) is 0 Å². The SMILES string of the molecule is CN(CC1CCSC1)C1CCNC1.Cl. The topological polar surface area (TPSA) is 15.3 Å². The van der Waals surface area contributed by atoms with Crippen molar-refractivity contribution in [3.8, 4) is 0 Å². The van der Waals surface area contributed by atoms with Crippen molar-refractivity contribution in [2.45, 2.75) is 18.9 Å². The first-order valence-corrected chi connectivity index (χ1v) is 6.50. The highest BCUT2D eigenvalue weighted by Crippen LogP contribution is 2.24. The van der Waals surface area contributed by atoms with Crippen LogP contribution in [0.4, 0.5) is 0 Å². The van der Waals surface area contributed by atoms with Crippen LogP contribution >= 0.6 is 24.2 Å². The van der Waals surface area contributed by atoms with Gasteiger partial charge in [-0.1, -0.05) is 0 Å². The van der Waals surface area contributed by atoms with Crippen molar-refractivity contribution in [2.24, 2.45) is 5.92 Å². The first-order valence-electron chi connectivity index (χ1n) is 5.35. The zero-order valence-corrected chi connectivity index (χ0v) is 10.5. The molecule has 0 saturated carbocycles. The van der Waals surface area contributed by atoms with Gasteiger partial charge in [0.05, 0.1) is 0 Å². The molecule has 2 fully saturated rings. The van der Waals surface area contributed by atoms with E-state index in [9.17, 15) is 0 Å². The predicted octanol–water partition coefficient (Wildman–Crippen LogP) is 1.45. The molecule has 0 amide bonds. The minimum Gasteiger partial charge on any atom is -0.315 e. The van der Waals surface area contributed by atoms with Crippen molar-refractivity contribution in [3.63, 3.8) is 0 Å². The third-order valence-electron chi connectivity index (χ3n) is 3.23.